The van der Waals surface area contributed by atoms with E-state index in [1.54, 1.807) is 6.20 Å². The fourth-order valence-corrected chi connectivity index (χ4v) is 8.93. The molecule has 0 radical (unpaired) electrons. The number of alkyl halides is 1. The van der Waals surface area contributed by atoms with Gasteiger partial charge in [0.2, 0.25) is 0 Å². The number of benzene rings is 6. The van der Waals surface area contributed by atoms with Crippen LogP contribution < -0.4 is 11.2 Å². The second-order valence-corrected chi connectivity index (χ2v) is 15.6. The highest BCUT2D eigenvalue weighted by molar-refractivity contribution is 14.1. The summed E-state index contributed by atoms with van der Waals surface area (Å²) in [5.41, 5.74) is 3.04. The first kappa shape index (κ1) is 38.5. The molecule has 1 saturated heterocycles. The number of H-pyrrole nitrogens is 1. The molecule has 7 aromatic rings. The van der Waals surface area contributed by atoms with Crippen molar-refractivity contribution in [2.75, 3.05) is 6.61 Å². The molecule has 7 nitrogen and oxygen atoms in total. The van der Waals surface area contributed by atoms with Gasteiger partial charge in [0.15, 0.2) is 6.23 Å². The maximum absolute atomic E-state index is 13.8. The maximum atomic E-state index is 13.8. The van der Waals surface area contributed by atoms with E-state index in [4.69, 9.17) is 14.2 Å². The molecule has 0 bridgehead atoms. The minimum Gasteiger partial charge on any atom is -0.358 e. The van der Waals surface area contributed by atoms with Crippen molar-refractivity contribution in [1.82, 2.24) is 9.55 Å². The third-order valence-electron chi connectivity index (χ3n) is 10.8. The molecular weight excluding hydrogens is 823 g/mol. The second-order valence-electron chi connectivity index (χ2n) is 14.1. The zero-order valence-electron chi connectivity index (χ0n) is 31.5. The van der Waals surface area contributed by atoms with Crippen LogP contribution in [0, 0.1) is 0 Å². The number of aromatic nitrogens is 2. The average molecular weight is 867 g/mol. The van der Waals surface area contributed by atoms with Gasteiger partial charge in [0, 0.05) is 11.8 Å². The zero-order valence-corrected chi connectivity index (χ0v) is 33.6. The van der Waals surface area contributed by atoms with Crippen LogP contribution in [0.1, 0.15) is 52.1 Å². The SMILES string of the molecule is CCc1cn([C@@H]2O[C@H](COC(c3ccccc3)(c3ccccc3)c3ccccc3)[C@@H](I)[C@H]2OC(c2ccccc2)(c2ccccc2)c2ccccc2)c(=O)[nH]c1=O. The summed E-state index contributed by atoms with van der Waals surface area (Å²) in [5.74, 6) is 0. The van der Waals surface area contributed by atoms with Gasteiger partial charge in [-0.2, -0.15) is 0 Å². The van der Waals surface area contributed by atoms with Crippen molar-refractivity contribution in [3.05, 3.63) is 248 Å². The Morgan fingerprint density at radius 1 is 0.596 bits per heavy atom. The lowest BCUT2D eigenvalue weighted by Gasteiger charge is -2.40. The standard InChI is InChI=1S/C49H43IN2O5/c1-2-35-33-52(47(54)51-45(35)53)46-44(57-49(39-27-15-6-16-28-39,40-29-17-7-18-30-40)41-31-19-8-20-32-41)43(50)42(56-46)34-55-48(36-21-9-3-10-22-36,37-23-11-4-12-24-37)38-25-13-5-14-26-38/h3-33,42-44,46H,2,34H2,1H3,(H,51,53,54)/t42-,43-,44-,46-/m1/s1. The van der Waals surface area contributed by atoms with Gasteiger partial charge < -0.3 is 14.2 Å². The first-order chi connectivity index (χ1) is 28.0. The topological polar surface area (TPSA) is 82.6 Å². The van der Waals surface area contributed by atoms with Crippen LogP contribution in [0.25, 0.3) is 0 Å². The molecule has 1 N–H and O–H groups in total. The van der Waals surface area contributed by atoms with Crippen molar-refractivity contribution in [2.24, 2.45) is 0 Å². The third kappa shape index (κ3) is 7.34. The molecule has 286 valence electrons. The highest BCUT2D eigenvalue weighted by Gasteiger charge is 2.52. The molecule has 57 heavy (non-hydrogen) atoms. The highest BCUT2D eigenvalue weighted by atomic mass is 127. The van der Waals surface area contributed by atoms with Gasteiger partial charge in [-0.15, -0.1) is 0 Å². The lowest BCUT2D eigenvalue weighted by Crippen LogP contribution is -2.44. The molecule has 0 amide bonds. The summed E-state index contributed by atoms with van der Waals surface area (Å²) in [5, 5.41) is 0. The van der Waals surface area contributed by atoms with Crippen molar-refractivity contribution in [3.8, 4) is 0 Å². The number of aromatic amines is 1. The highest BCUT2D eigenvalue weighted by Crippen LogP contribution is 2.48. The van der Waals surface area contributed by atoms with Crippen LogP contribution in [0.2, 0.25) is 0 Å². The Bertz CT molecular complexity index is 2290. The number of nitrogens with zero attached hydrogens (tertiary/aromatic N) is 1. The average Bonchev–Trinajstić information content (AvgIpc) is 3.58. The number of ether oxygens (including phenoxy) is 3. The summed E-state index contributed by atoms with van der Waals surface area (Å²) < 4.78 is 23.2. The van der Waals surface area contributed by atoms with Gasteiger partial charge >= 0.3 is 5.69 Å². The molecule has 1 aliphatic heterocycles. The van der Waals surface area contributed by atoms with E-state index in [0.29, 0.717) is 12.0 Å². The van der Waals surface area contributed by atoms with E-state index in [9.17, 15) is 9.59 Å². The Balaban J connectivity index is 1.28. The predicted molar refractivity (Wildman–Crippen MR) is 232 cm³/mol. The Labute approximate surface area is 346 Å². The molecule has 6 aromatic carbocycles. The van der Waals surface area contributed by atoms with Gasteiger partial charge in [-0.25, -0.2) is 4.79 Å². The minimum absolute atomic E-state index is 0.149. The van der Waals surface area contributed by atoms with Crippen LogP contribution in [0.15, 0.2) is 198 Å². The van der Waals surface area contributed by atoms with E-state index in [1.165, 1.54) is 4.57 Å². The van der Waals surface area contributed by atoms with Crippen LogP contribution in [0.4, 0.5) is 0 Å². The molecular formula is C49H43IN2O5. The monoisotopic (exact) mass is 866 g/mol. The molecule has 1 aliphatic rings. The Hall–Kier alpha value is -5.39. The van der Waals surface area contributed by atoms with Gasteiger partial charge in [0.1, 0.15) is 17.3 Å². The van der Waals surface area contributed by atoms with Crippen molar-refractivity contribution in [2.45, 2.75) is 46.9 Å². The fraction of sp³-hybridized carbons (Fsp3) is 0.184. The lowest BCUT2D eigenvalue weighted by molar-refractivity contribution is -0.119. The first-order valence-electron chi connectivity index (χ1n) is 19.2. The third-order valence-corrected chi connectivity index (χ3v) is 12.3. The van der Waals surface area contributed by atoms with Crippen molar-refractivity contribution in [1.29, 1.82) is 0 Å². The van der Waals surface area contributed by atoms with Gasteiger partial charge in [-0.1, -0.05) is 212 Å². The predicted octanol–water partition coefficient (Wildman–Crippen LogP) is 9.19. The molecule has 0 aliphatic carbocycles. The van der Waals surface area contributed by atoms with E-state index in [1.807, 2.05) is 116 Å². The van der Waals surface area contributed by atoms with Crippen molar-refractivity contribution in [3.63, 3.8) is 0 Å². The molecule has 2 heterocycles. The summed E-state index contributed by atoms with van der Waals surface area (Å²) >= 11 is 2.41. The molecule has 0 saturated carbocycles. The number of rotatable bonds is 13. The Morgan fingerprint density at radius 3 is 1.33 bits per heavy atom. The van der Waals surface area contributed by atoms with E-state index in [0.717, 1.165) is 33.4 Å². The smallest absolute Gasteiger partial charge is 0.330 e. The largest absolute Gasteiger partial charge is 0.358 e. The number of hydrogen-bond acceptors (Lipinski definition) is 5. The first-order valence-corrected chi connectivity index (χ1v) is 20.5. The van der Waals surface area contributed by atoms with Crippen LogP contribution in [-0.4, -0.2) is 32.3 Å². The van der Waals surface area contributed by atoms with Gasteiger partial charge in [0.25, 0.3) is 5.56 Å². The van der Waals surface area contributed by atoms with Crippen LogP contribution in [0.3, 0.4) is 0 Å². The van der Waals surface area contributed by atoms with E-state index >= 15 is 0 Å². The van der Waals surface area contributed by atoms with E-state index in [-0.39, 0.29) is 10.5 Å². The normalized spacial score (nSPS) is 18.4. The summed E-state index contributed by atoms with van der Waals surface area (Å²) in [6.07, 6.45) is -0.145. The Morgan fingerprint density at radius 2 is 0.965 bits per heavy atom. The molecule has 1 fully saturated rings. The van der Waals surface area contributed by atoms with E-state index in [2.05, 4.69) is 100 Å². The van der Waals surface area contributed by atoms with Crippen LogP contribution in [0.5, 0.6) is 0 Å². The summed E-state index contributed by atoms with van der Waals surface area (Å²) in [4.78, 5) is 29.3. The lowest BCUT2D eigenvalue weighted by atomic mass is 9.79. The van der Waals surface area contributed by atoms with Gasteiger partial charge in [0.05, 0.1) is 16.6 Å². The summed E-state index contributed by atoms with van der Waals surface area (Å²) in [6.45, 7) is 2.04. The molecule has 0 unspecified atom stereocenters. The second kappa shape index (κ2) is 17.0. The summed E-state index contributed by atoms with van der Waals surface area (Å²) in [6, 6.07) is 61.2. The number of aryl methyl sites for hydroxylation is 1. The summed E-state index contributed by atoms with van der Waals surface area (Å²) in [7, 11) is 0. The van der Waals surface area contributed by atoms with Gasteiger partial charge in [-0.05, 0) is 39.8 Å². The molecule has 8 rings (SSSR count). The van der Waals surface area contributed by atoms with E-state index < -0.39 is 40.9 Å². The van der Waals surface area contributed by atoms with Crippen molar-refractivity contribution < 1.29 is 14.2 Å². The minimum atomic E-state index is -1.11. The molecule has 4 atom stereocenters. The quantitative estimate of drug-likeness (QED) is 0.0711. The van der Waals surface area contributed by atoms with Crippen LogP contribution in [-0.2, 0) is 31.8 Å². The van der Waals surface area contributed by atoms with Gasteiger partial charge in [-0.3, -0.25) is 14.3 Å². The molecule has 8 heteroatoms. The number of hydrogen-bond donors (Lipinski definition) is 1. The fourth-order valence-electron chi connectivity index (χ4n) is 8.05. The number of nitrogens with one attached hydrogen (secondary N) is 1. The zero-order chi connectivity index (χ0) is 39.2. The number of halogens is 1. The molecule has 0 spiro atoms. The van der Waals surface area contributed by atoms with Crippen LogP contribution >= 0.6 is 22.6 Å². The maximum Gasteiger partial charge on any atom is 0.330 e. The van der Waals surface area contributed by atoms with Crippen molar-refractivity contribution >= 4 is 22.6 Å². The Kier molecular flexibility index (Phi) is 11.5. The molecule has 1 aromatic heterocycles.